The Labute approximate surface area is 117 Å². The maximum Gasteiger partial charge on any atom is 0.226 e. The summed E-state index contributed by atoms with van der Waals surface area (Å²) in [6, 6.07) is 0.188. The Morgan fingerprint density at radius 1 is 1.42 bits per heavy atom. The quantitative estimate of drug-likeness (QED) is 0.802. The van der Waals surface area contributed by atoms with Crippen molar-refractivity contribution in [1.82, 2.24) is 4.90 Å². The van der Waals surface area contributed by atoms with E-state index in [1.807, 2.05) is 4.90 Å². The molecule has 0 saturated heterocycles. The van der Waals surface area contributed by atoms with Gasteiger partial charge >= 0.3 is 0 Å². The van der Waals surface area contributed by atoms with Gasteiger partial charge in [0.2, 0.25) is 5.91 Å². The Kier molecular flexibility index (Phi) is 6.80. The maximum absolute atomic E-state index is 12.7. The van der Waals surface area contributed by atoms with E-state index in [9.17, 15) is 4.79 Å². The largest absolute Gasteiger partial charge is 0.383 e. The Hall–Kier alpha value is -0.610. The van der Waals surface area contributed by atoms with Gasteiger partial charge in [-0.1, -0.05) is 20.8 Å². The van der Waals surface area contributed by atoms with Crippen molar-refractivity contribution < 1.29 is 9.53 Å². The molecule has 0 radical (unpaired) electrons. The second-order valence-corrected chi connectivity index (χ2v) is 6.33. The SMILES string of the molecule is COCCN(CC(C)C)C(=O)C1CC(N)CCC1C. The van der Waals surface area contributed by atoms with Gasteiger partial charge in [0.25, 0.3) is 0 Å². The first-order valence-corrected chi connectivity index (χ1v) is 7.49. The van der Waals surface area contributed by atoms with E-state index in [0.29, 0.717) is 25.0 Å². The number of nitrogens with two attached hydrogens (primary N) is 1. The molecule has 0 aromatic heterocycles. The number of rotatable bonds is 6. The van der Waals surface area contributed by atoms with Crippen LogP contribution in [0.3, 0.4) is 0 Å². The van der Waals surface area contributed by atoms with Crippen molar-refractivity contribution in [3.05, 3.63) is 0 Å². The van der Waals surface area contributed by atoms with Crippen LogP contribution in [0.5, 0.6) is 0 Å². The van der Waals surface area contributed by atoms with Crippen LogP contribution in [0.25, 0.3) is 0 Å². The molecule has 2 N–H and O–H groups in total. The molecule has 3 unspecified atom stereocenters. The van der Waals surface area contributed by atoms with Crippen LogP contribution in [0.4, 0.5) is 0 Å². The molecule has 1 aliphatic carbocycles. The molecule has 0 aliphatic heterocycles. The minimum Gasteiger partial charge on any atom is -0.383 e. The molecule has 0 aromatic rings. The lowest BCUT2D eigenvalue weighted by Crippen LogP contribution is -2.46. The molecular formula is C15H30N2O2. The first-order valence-electron chi connectivity index (χ1n) is 7.49. The second-order valence-electron chi connectivity index (χ2n) is 6.33. The van der Waals surface area contributed by atoms with Crippen LogP contribution >= 0.6 is 0 Å². The van der Waals surface area contributed by atoms with Crippen LogP contribution in [0.1, 0.15) is 40.0 Å². The fourth-order valence-corrected chi connectivity index (χ4v) is 2.87. The van der Waals surface area contributed by atoms with Gasteiger partial charge in [-0.25, -0.2) is 0 Å². The summed E-state index contributed by atoms with van der Waals surface area (Å²) in [4.78, 5) is 14.7. The van der Waals surface area contributed by atoms with Gasteiger partial charge in [-0.3, -0.25) is 4.79 Å². The summed E-state index contributed by atoms with van der Waals surface area (Å²) < 4.78 is 5.12. The van der Waals surface area contributed by atoms with E-state index < -0.39 is 0 Å². The Balaban J connectivity index is 2.67. The predicted molar refractivity (Wildman–Crippen MR) is 77.8 cm³/mol. The Morgan fingerprint density at radius 2 is 2.11 bits per heavy atom. The first kappa shape index (κ1) is 16.4. The van der Waals surface area contributed by atoms with E-state index in [0.717, 1.165) is 25.8 Å². The van der Waals surface area contributed by atoms with Crippen molar-refractivity contribution in [3.8, 4) is 0 Å². The normalized spacial score (nSPS) is 27.6. The minimum absolute atomic E-state index is 0.0966. The van der Waals surface area contributed by atoms with Crippen molar-refractivity contribution in [1.29, 1.82) is 0 Å². The van der Waals surface area contributed by atoms with Gasteiger partial charge in [-0.15, -0.1) is 0 Å². The third-order valence-corrected chi connectivity index (χ3v) is 4.02. The summed E-state index contributed by atoms with van der Waals surface area (Å²) in [6.07, 6.45) is 2.95. The summed E-state index contributed by atoms with van der Waals surface area (Å²) in [5.41, 5.74) is 6.03. The lowest BCUT2D eigenvalue weighted by atomic mass is 9.77. The number of nitrogens with zero attached hydrogens (tertiary/aromatic N) is 1. The van der Waals surface area contributed by atoms with Crippen LogP contribution in [0.2, 0.25) is 0 Å². The molecule has 1 fully saturated rings. The molecule has 0 bridgehead atoms. The number of hydrogen-bond donors (Lipinski definition) is 1. The van der Waals surface area contributed by atoms with Crippen LogP contribution in [-0.2, 0) is 9.53 Å². The van der Waals surface area contributed by atoms with Gasteiger partial charge in [-0.2, -0.15) is 0 Å². The topological polar surface area (TPSA) is 55.6 Å². The predicted octanol–water partition coefficient (Wildman–Crippen LogP) is 1.88. The average molecular weight is 270 g/mol. The zero-order chi connectivity index (χ0) is 14.4. The fourth-order valence-electron chi connectivity index (χ4n) is 2.87. The highest BCUT2D eigenvalue weighted by atomic mass is 16.5. The summed E-state index contributed by atoms with van der Waals surface area (Å²) in [5, 5.41) is 0. The number of hydrogen-bond acceptors (Lipinski definition) is 3. The molecule has 0 heterocycles. The van der Waals surface area contributed by atoms with E-state index in [2.05, 4.69) is 20.8 Å². The van der Waals surface area contributed by atoms with Gasteiger partial charge in [0.05, 0.1) is 6.61 Å². The number of amides is 1. The summed E-state index contributed by atoms with van der Waals surface area (Å²) in [5.74, 6) is 1.30. The molecule has 3 atom stereocenters. The summed E-state index contributed by atoms with van der Waals surface area (Å²) in [7, 11) is 1.68. The number of carbonyl (C=O) groups excluding carboxylic acids is 1. The molecule has 1 aliphatic rings. The third-order valence-electron chi connectivity index (χ3n) is 4.02. The second kappa shape index (κ2) is 7.85. The molecule has 112 valence electrons. The van der Waals surface area contributed by atoms with Crippen LogP contribution in [0, 0.1) is 17.8 Å². The molecule has 4 heteroatoms. The minimum atomic E-state index is 0.0966. The molecule has 1 rings (SSSR count). The van der Waals surface area contributed by atoms with E-state index in [1.165, 1.54) is 0 Å². The van der Waals surface area contributed by atoms with Crippen molar-refractivity contribution >= 4 is 5.91 Å². The lowest BCUT2D eigenvalue weighted by molar-refractivity contribution is -0.139. The number of ether oxygens (including phenoxy) is 1. The highest BCUT2D eigenvalue weighted by Gasteiger charge is 2.33. The highest BCUT2D eigenvalue weighted by molar-refractivity contribution is 5.79. The first-order chi connectivity index (χ1) is 8.95. The van der Waals surface area contributed by atoms with Crippen molar-refractivity contribution in [3.63, 3.8) is 0 Å². The van der Waals surface area contributed by atoms with Gasteiger partial charge in [0.1, 0.15) is 0 Å². The average Bonchev–Trinajstić information content (AvgIpc) is 2.36. The van der Waals surface area contributed by atoms with Crippen LogP contribution in [-0.4, -0.2) is 43.7 Å². The van der Waals surface area contributed by atoms with Gasteiger partial charge in [-0.05, 0) is 31.1 Å². The zero-order valence-electron chi connectivity index (χ0n) is 12.9. The van der Waals surface area contributed by atoms with Gasteiger partial charge in [0, 0.05) is 32.2 Å². The molecular weight excluding hydrogens is 240 g/mol. The van der Waals surface area contributed by atoms with Gasteiger partial charge in [0.15, 0.2) is 0 Å². The molecule has 1 saturated carbocycles. The molecule has 4 nitrogen and oxygen atoms in total. The molecule has 0 spiro atoms. The molecule has 19 heavy (non-hydrogen) atoms. The van der Waals surface area contributed by atoms with E-state index in [1.54, 1.807) is 7.11 Å². The summed E-state index contributed by atoms with van der Waals surface area (Å²) in [6.45, 7) is 8.56. The van der Waals surface area contributed by atoms with Crippen LogP contribution < -0.4 is 5.73 Å². The van der Waals surface area contributed by atoms with Crippen LogP contribution in [0.15, 0.2) is 0 Å². The van der Waals surface area contributed by atoms with Crippen molar-refractivity contribution in [2.45, 2.75) is 46.1 Å². The van der Waals surface area contributed by atoms with Crippen molar-refractivity contribution in [2.75, 3.05) is 26.8 Å². The number of methoxy groups -OCH3 is 1. The monoisotopic (exact) mass is 270 g/mol. The molecule has 0 aromatic carbocycles. The zero-order valence-corrected chi connectivity index (χ0v) is 12.9. The Bertz CT molecular complexity index is 281. The smallest absolute Gasteiger partial charge is 0.226 e. The van der Waals surface area contributed by atoms with E-state index >= 15 is 0 Å². The standard InChI is InChI=1S/C15H30N2O2/c1-11(2)10-17(7-8-19-4)15(18)14-9-13(16)6-5-12(14)3/h11-14H,5-10,16H2,1-4H3. The summed E-state index contributed by atoms with van der Waals surface area (Å²) >= 11 is 0. The third kappa shape index (κ3) is 5.11. The van der Waals surface area contributed by atoms with Crippen molar-refractivity contribution in [2.24, 2.45) is 23.5 Å². The molecule has 1 amide bonds. The fraction of sp³-hybridized carbons (Fsp3) is 0.933. The number of carbonyl (C=O) groups is 1. The Morgan fingerprint density at radius 3 is 2.68 bits per heavy atom. The highest BCUT2D eigenvalue weighted by Crippen LogP contribution is 2.30. The van der Waals surface area contributed by atoms with Gasteiger partial charge < -0.3 is 15.4 Å². The maximum atomic E-state index is 12.7. The van der Waals surface area contributed by atoms with E-state index in [4.69, 9.17) is 10.5 Å². The van der Waals surface area contributed by atoms with E-state index in [-0.39, 0.29) is 17.9 Å². The lowest BCUT2D eigenvalue weighted by Gasteiger charge is -2.36.